The highest BCUT2D eigenvalue weighted by Crippen LogP contribution is 2.21. The lowest BCUT2D eigenvalue weighted by Crippen LogP contribution is -2.40. The second kappa shape index (κ2) is 8.75. The zero-order chi connectivity index (χ0) is 19.3. The molecule has 1 fully saturated rings. The quantitative estimate of drug-likeness (QED) is 0.667. The number of nitrogens with zero attached hydrogens (tertiary/aromatic N) is 2. The standard InChI is InChI=1S/C21H24N4O2S/c26-12-16-7-4-10-25(11-16)19-9-8-17-20(24-19)22-18(21(27)23-17)14-28-13-15-5-2-1-3-6-15/h1-3,5-6,8-9,16,26H,4,7,10-14H2,(H,23,27)/p+1. The summed E-state index contributed by atoms with van der Waals surface area (Å²) in [5.74, 6) is 2.70. The minimum Gasteiger partial charge on any atom is -0.396 e. The molecule has 1 aromatic carbocycles. The molecule has 0 amide bonds. The minimum absolute atomic E-state index is 0.132. The SMILES string of the molecule is O=c1[nH]c2ccc(N3CCCC(CO)C3)[nH+]c2nc1CSCc1ccccc1. The second-order valence-corrected chi connectivity index (χ2v) is 8.22. The molecular weight excluding hydrogens is 372 g/mol. The number of H-pyrrole nitrogens is 2. The number of hydrogen-bond donors (Lipinski definition) is 2. The summed E-state index contributed by atoms with van der Waals surface area (Å²) in [5, 5.41) is 9.47. The Bertz CT molecular complexity index is 993. The van der Waals surface area contributed by atoms with Crippen LogP contribution in [0.25, 0.3) is 11.2 Å². The molecule has 146 valence electrons. The zero-order valence-electron chi connectivity index (χ0n) is 15.7. The van der Waals surface area contributed by atoms with Crippen molar-refractivity contribution < 1.29 is 10.1 Å². The van der Waals surface area contributed by atoms with Crippen LogP contribution in [-0.4, -0.2) is 34.8 Å². The van der Waals surface area contributed by atoms with Crippen molar-refractivity contribution in [1.29, 1.82) is 0 Å². The van der Waals surface area contributed by atoms with Gasteiger partial charge in [0.15, 0.2) is 5.69 Å². The van der Waals surface area contributed by atoms with Gasteiger partial charge in [-0.3, -0.25) is 9.69 Å². The van der Waals surface area contributed by atoms with Crippen LogP contribution in [0.3, 0.4) is 0 Å². The van der Waals surface area contributed by atoms with Crippen molar-refractivity contribution in [2.24, 2.45) is 5.92 Å². The first-order chi connectivity index (χ1) is 13.7. The van der Waals surface area contributed by atoms with Crippen LogP contribution in [0.5, 0.6) is 0 Å². The van der Waals surface area contributed by atoms with Gasteiger partial charge in [0.05, 0.1) is 18.8 Å². The molecule has 1 unspecified atom stereocenters. The van der Waals surface area contributed by atoms with E-state index in [-0.39, 0.29) is 12.2 Å². The Labute approximate surface area is 168 Å². The van der Waals surface area contributed by atoms with Crippen molar-refractivity contribution in [3.63, 3.8) is 0 Å². The number of pyridine rings is 1. The zero-order valence-corrected chi connectivity index (χ0v) is 16.5. The average Bonchev–Trinajstić information content (AvgIpc) is 2.74. The molecule has 3 aromatic rings. The predicted molar refractivity (Wildman–Crippen MR) is 112 cm³/mol. The molecule has 3 N–H and O–H groups in total. The molecule has 0 saturated carbocycles. The van der Waals surface area contributed by atoms with E-state index < -0.39 is 0 Å². The van der Waals surface area contributed by atoms with E-state index in [4.69, 9.17) is 0 Å². The molecule has 0 spiro atoms. The number of anilines is 1. The van der Waals surface area contributed by atoms with Crippen LogP contribution < -0.4 is 15.4 Å². The third-order valence-corrected chi connectivity index (χ3v) is 6.15. The molecule has 1 aliphatic rings. The van der Waals surface area contributed by atoms with Crippen LogP contribution in [-0.2, 0) is 11.5 Å². The second-order valence-electron chi connectivity index (χ2n) is 7.23. The maximum atomic E-state index is 12.4. The lowest BCUT2D eigenvalue weighted by molar-refractivity contribution is -0.334. The van der Waals surface area contributed by atoms with Gasteiger partial charge >= 0.3 is 0 Å². The van der Waals surface area contributed by atoms with Gasteiger partial charge in [-0.15, -0.1) is 11.8 Å². The van der Waals surface area contributed by atoms with E-state index in [1.807, 2.05) is 30.3 Å². The molecule has 1 atom stereocenters. The third-order valence-electron chi connectivity index (χ3n) is 5.13. The summed E-state index contributed by atoms with van der Waals surface area (Å²) >= 11 is 1.68. The van der Waals surface area contributed by atoms with Crippen molar-refractivity contribution in [3.8, 4) is 0 Å². The summed E-state index contributed by atoms with van der Waals surface area (Å²) in [6, 6.07) is 14.1. The lowest BCUT2D eigenvalue weighted by atomic mass is 9.99. The molecule has 3 heterocycles. The first kappa shape index (κ1) is 19.0. The number of piperidine rings is 1. The van der Waals surface area contributed by atoms with E-state index in [1.54, 1.807) is 11.8 Å². The maximum Gasteiger partial charge on any atom is 0.288 e. The third kappa shape index (κ3) is 4.36. The van der Waals surface area contributed by atoms with Crippen LogP contribution in [0.15, 0.2) is 47.3 Å². The smallest absolute Gasteiger partial charge is 0.288 e. The normalized spacial score (nSPS) is 17.2. The van der Waals surface area contributed by atoms with Gasteiger partial charge in [0, 0.05) is 24.3 Å². The number of thioether (sulfide) groups is 1. The molecule has 1 aliphatic heterocycles. The number of benzene rings is 1. The molecule has 4 rings (SSSR count). The number of rotatable bonds is 6. The Morgan fingerprint density at radius 3 is 2.89 bits per heavy atom. The summed E-state index contributed by atoms with van der Waals surface area (Å²) in [4.78, 5) is 25.5. The number of aromatic amines is 2. The Kier molecular flexibility index (Phi) is 5.92. The summed E-state index contributed by atoms with van der Waals surface area (Å²) < 4.78 is 0. The van der Waals surface area contributed by atoms with Crippen LogP contribution in [0.1, 0.15) is 24.1 Å². The molecule has 6 nitrogen and oxygen atoms in total. The van der Waals surface area contributed by atoms with Crippen molar-refractivity contribution in [2.75, 3.05) is 24.6 Å². The Balaban J connectivity index is 1.51. The molecule has 1 saturated heterocycles. The van der Waals surface area contributed by atoms with Gasteiger partial charge in [-0.25, -0.2) is 4.98 Å². The summed E-state index contributed by atoms with van der Waals surface area (Å²) in [7, 11) is 0. The highest BCUT2D eigenvalue weighted by molar-refractivity contribution is 7.97. The first-order valence-corrected chi connectivity index (χ1v) is 10.8. The molecule has 28 heavy (non-hydrogen) atoms. The van der Waals surface area contributed by atoms with E-state index in [9.17, 15) is 9.90 Å². The number of aliphatic hydroxyl groups excluding tert-OH is 1. The summed E-state index contributed by atoms with van der Waals surface area (Å²) in [6.07, 6.45) is 2.13. The fraction of sp³-hybridized carbons (Fsp3) is 0.381. The predicted octanol–water partition coefficient (Wildman–Crippen LogP) is 2.38. The van der Waals surface area contributed by atoms with E-state index in [0.29, 0.717) is 28.5 Å². The van der Waals surface area contributed by atoms with Gasteiger partial charge in [-0.1, -0.05) is 35.3 Å². The van der Waals surface area contributed by atoms with E-state index in [2.05, 4.69) is 32.0 Å². The van der Waals surface area contributed by atoms with Crippen molar-refractivity contribution >= 4 is 28.7 Å². The van der Waals surface area contributed by atoms with Crippen LogP contribution >= 0.6 is 11.8 Å². The summed E-state index contributed by atoms with van der Waals surface area (Å²) in [6.45, 7) is 2.02. The van der Waals surface area contributed by atoms with Gasteiger partial charge in [-0.05, 0) is 24.5 Å². The fourth-order valence-electron chi connectivity index (χ4n) is 3.60. The van der Waals surface area contributed by atoms with Crippen molar-refractivity contribution in [1.82, 2.24) is 9.97 Å². The topological polar surface area (TPSA) is 83.4 Å². The molecule has 0 aliphatic carbocycles. The summed E-state index contributed by atoms with van der Waals surface area (Å²) in [5.41, 5.74) is 3.04. The van der Waals surface area contributed by atoms with E-state index in [1.165, 1.54) is 5.56 Å². The Morgan fingerprint density at radius 1 is 1.21 bits per heavy atom. The van der Waals surface area contributed by atoms with Crippen molar-refractivity contribution in [3.05, 3.63) is 64.1 Å². The largest absolute Gasteiger partial charge is 0.396 e. The number of hydrogen-bond acceptors (Lipinski definition) is 5. The minimum atomic E-state index is -0.132. The van der Waals surface area contributed by atoms with Gasteiger partial charge in [0.2, 0.25) is 5.82 Å². The van der Waals surface area contributed by atoms with Crippen LogP contribution in [0.4, 0.5) is 5.82 Å². The first-order valence-electron chi connectivity index (χ1n) is 9.65. The van der Waals surface area contributed by atoms with Crippen LogP contribution in [0, 0.1) is 5.92 Å². The number of nitrogens with one attached hydrogen (secondary N) is 2. The van der Waals surface area contributed by atoms with Crippen molar-refractivity contribution in [2.45, 2.75) is 24.3 Å². The monoisotopic (exact) mass is 397 g/mol. The number of aromatic nitrogens is 3. The average molecular weight is 398 g/mol. The maximum absolute atomic E-state index is 12.4. The molecule has 0 radical (unpaired) electrons. The number of fused-ring (bicyclic) bond motifs is 1. The molecule has 0 bridgehead atoms. The van der Waals surface area contributed by atoms with Crippen LogP contribution in [0.2, 0.25) is 0 Å². The van der Waals surface area contributed by atoms with Gasteiger partial charge in [-0.2, -0.15) is 0 Å². The van der Waals surface area contributed by atoms with Gasteiger partial charge in [0.25, 0.3) is 11.2 Å². The molecule has 2 aromatic heterocycles. The van der Waals surface area contributed by atoms with E-state index in [0.717, 1.165) is 37.5 Å². The van der Waals surface area contributed by atoms with Gasteiger partial charge < -0.3 is 10.1 Å². The molecule has 7 heteroatoms. The van der Waals surface area contributed by atoms with E-state index >= 15 is 0 Å². The number of aliphatic hydroxyl groups is 1. The highest BCUT2D eigenvalue weighted by Gasteiger charge is 2.24. The lowest BCUT2D eigenvalue weighted by Gasteiger charge is -2.28. The Morgan fingerprint density at radius 2 is 2.07 bits per heavy atom. The Hall–Kier alpha value is -2.38. The fourth-order valence-corrected chi connectivity index (χ4v) is 4.51. The van der Waals surface area contributed by atoms with Gasteiger partial charge in [0.1, 0.15) is 5.52 Å². The highest BCUT2D eigenvalue weighted by atomic mass is 32.2. The molecular formula is C21H25N4O2S+.